The molecule has 0 saturated carbocycles. The minimum Gasteiger partial charge on any atom is -0.392 e. The molecule has 1 atom stereocenters. The Morgan fingerprint density at radius 3 is 1.21 bits per heavy atom. The molecule has 0 fully saturated rings. The number of nitrogens with zero attached hydrogens (tertiary/aromatic N) is 1. The van der Waals surface area contributed by atoms with E-state index < -0.39 is 0 Å². The van der Waals surface area contributed by atoms with E-state index in [1.54, 1.807) is 0 Å². The second-order valence-corrected chi connectivity index (χ2v) is 9.80. The Balaban J connectivity index is -0.000000145. The normalized spacial score (nSPS) is 11.7. The van der Waals surface area contributed by atoms with Crippen LogP contribution in [0.1, 0.15) is 87.5 Å². The molecule has 0 saturated heterocycles. The van der Waals surface area contributed by atoms with Crippen LogP contribution < -0.4 is 17.2 Å². The highest BCUT2D eigenvalue weighted by Crippen LogP contribution is 2.02. The number of hydrogen-bond acceptors (Lipinski definition) is 5. The Morgan fingerprint density at radius 2 is 1.10 bits per heavy atom. The third-order valence-electron chi connectivity index (χ3n) is 3.90. The molecule has 0 heterocycles. The zero-order valence-electron chi connectivity index (χ0n) is 21.9. The van der Waals surface area contributed by atoms with Gasteiger partial charge in [0.25, 0.3) is 0 Å². The van der Waals surface area contributed by atoms with E-state index in [0.717, 1.165) is 43.7 Å². The lowest BCUT2D eigenvalue weighted by Crippen LogP contribution is -2.21. The molecule has 182 valence electrons. The molecule has 7 N–H and O–H groups in total. The summed E-state index contributed by atoms with van der Waals surface area (Å²) in [7, 11) is 4.23. The predicted molar refractivity (Wildman–Crippen MR) is 134 cm³/mol. The van der Waals surface area contributed by atoms with E-state index in [1.807, 2.05) is 0 Å². The monoisotopic (exact) mass is 420 g/mol. The number of hydrogen-bond donors (Lipinski definition) is 4. The third kappa shape index (κ3) is 58.4. The summed E-state index contributed by atoms with van der Waals surface area (Å²) in [5.74, 6) is 2.99. The van der Waals surface area contributed by atoms with Gasteiger partial charge >= 0.3 is 0 Å². The van der Waals surface area contributed by atoms with Crippen molar-refractivity contribution < 1.29 is 5.11 Å². The van der Waals surface area contributed by atoms with Crippen molar-refractivity contribution in [1.82, 2.24) is 4.90 Å². The zero-order chi connectivity index (χ0) is 23.8. The van der Waals surface area contributed by atoms with Gasteiger partial charge in [-0.15, -0.1) is 0 Å². The molecule has 29 heavy (non-hydrogen) atoms. The molecule has 5 nitrogen and oxygen atoms in total. The number of aliphatic hydroxyl groups excluding tert-OH is 1. The zero-order valence-corrected chi connectivity index (χ0v) is 21.9. The smallest absolute Gasteiger partial charge is 0.0664 e. The summed E-state index contributed by atoms with van der Waals surface area (Å²) in [5, 5.41) is 8.90. The fourth-order valence-corrected chi connectivity index (χ4v) is 2.02. The van der Waals surface area contributed by atoms with E-state index in [-0.39, 0.29) is 6.10 Å². The first kappa shape index (κ1) is 36.2. The molecule has 1 unspecified atom stereocenters. The predicted octanol–water partition coefficient (Wildman–Crippen LogP) is 4.32. The minimum absolute atomic E-state index is 0.296. The Hall–Kier alpha value is -0.200. The van der Waals surface area contributed by atoms with Crippen LogP contribution in [-0.2, 0) is 0 Å². The standard InChI is InChI=1S/C7H17N.C6H15NO.C6H15N.C5H13N/c1-7(2)5-6-8(3)4;1-5(2)3-6(8)4-7;1-6(2)4-3-5-7;1-5(2)3-4-6/h7H,5-6H2,1-4H3;5-6,8H,3-4,7H2,1-2H3;6H,3-5,7H2,1-2H3;5H,3-4,6H2,1-2H3. The van der Waals surface area contributed by atoms with Gasteiger partial charge in [-0.2, -0.15) is 0 Å². The van der Waals surface area contributed by atoms with Crippen LogP contribution in [0.3, 0.4) is 0 Å². The van der Waals surface area contributed by atoms with Crippen LogP contribution in [0, 0.1) is 23.7 Å². The van der Waals surface area contributed by atoms with Crippen LogP contribution >= 0.6 is 0 Å². The van der Waals surface area contributed by atoms with E-state index in [0.29, 0.717) is 12.5 Å². The average Bonchev–Trinajstić information content (AvgIpc) is 2.59. The summed E-state index contributed by atoms with van der Waals surface area (Å²) < 4.78 is 0. The van der Waals surface area contributed by atoms with Crippen LogP contribution in [0.2, 0.25) is 0 Å². The fraction of sp³-hybridized carbons (Fsp3) is 1.00. The first-order chi connectivity index (χ1) is 13.3. The summed E-state index contributed by atoms with van der Waals surface area (Å²) in [4.78, 5) is 2.22. The van der Waals surface area contributed by atoms with Crippen LogP contribution in [0.25, 0.3) is 0 Å². The summed E-state index contributed by atoms with van der Waals surface area (Å²) in [5.41, 5.74) is 15.7. The van der Waals surface area contributed by atoms with Crippen molar-refractivity contribution in [3.05, 3.63) is 0 Å². The summed E-state index contributed by atoms with van der Waals surface area (Å²) >= 11 is 0. The Morgan fingerprint density at radius 1 is 0.655 bits per heavy atom. The molecule has 0 aliphatic heterocycles. The largest absolute Gasteiger partial charge is 0.392 e. The summed E-state index contributed by atoms with van der Waals surface area (Å²) in [6.45, 7) is 20.7. The Bertz CT molecular complexity index is 262. The van der Waals surface area contributed by atoms with Gasteiger partial charge in [-0.1, -0.05) is 55.4 Å². The van der Waals surface area contributed by atoms with Crippen molar-refractivity contribution in [2.45, 2.75) is 93.6 Å². The fourth-order valence-electron chi connectivity index (χ4n) is 2.02. The molecule has 0 amide bonds. The maximum atomic E-state index is 8.90. The lowest BCUT2D eigenvalue weighted by atomic mass is 10.1. The number of rotatable bonds is 11. The maximum Gasteiger partial charge on any atom is 0.0664 e. The highest BCUT2D eigenvalue weighted by Gasteiger charge is 2.02. The molecule has 0 aliphatic rings. The molecular formula is C24H60N4O. The van der Waals surface area contributed by atoms with Crippen molar-refractivity contribution in [2.75, 3.05) is 40.3 Å². The van der Waals surface area contributed by atoms with Gasteiger partial charge in [0.15, 0.2) is 0 Å². The van der Waals surface area contributed by atoms with Gasteiger partial charge in [-0.25, -0.2) is 0 Å². The second-order valence-electron chi connectivity index (χ2n) is 9.80. The second kappa shape index (κ2) is 27.8. The van der Waals surface area contributed by atoms with Crippen LogP contribution in [0.5, 0.6) is 0 Å². The van der Waals surface area contributed by atoms with E-state index in [9.17, 15) is 0 Å². The number of aliphatic hydroxyl groups is 1. The van der Waals surface area contributed by atoms with E-state index in [4.69, 9.17) is 22.3 Å². The Labute approximate surface area is 185 Å². The first-order valence-corrected chi connectivity index (χ1v) is 11.8. The molecule has 0 spiro atoms. The maximum absolute atomic E-state index is 8.90. The van der Waals surface area contributed by atoms with Crippen LogP contribution in [0.15, 0.2) is 0 Å². The van der Waals surface area contributed by atoms with Crippen molar-refractivity contribution in [2.24, 2.45) is 40.9 Å². The molecule has 0 rings (SSSR count). The average molecular weight is 421 g/mol. The van der Waals surface area contributed by atoms with Crippen molar-refractivity contribution in [3.8, 4) is 0 Å². The van der Waals surface area contributed by atoms with Gasteiger partial charge < -0.3 is 27.2 Å². The topological polar surface area (TPSA) is 102 Å². The quantitative estimate of drug-likeness (QED) is 0.399. The van der Waals surface area contributed by atoms with E-state index >= 15 is 0 Å². The third-order valence-corrected chi connectivity index (χ3v) is 3.90. The van der Waals surface area contributed by atoms with Gasteiger partial charge in [0.05, 0.1) is 6.10 Å². The number of nitrogens with two attached hydrogens (primary N) is 3. The minimum atomic E-state index is -0.296. The van der Waals surface area contributed by atoms with Crippen LogP contribution in [-0.4, -0.2) is 56.4 Å². The molecule has 0 aromatic rings. The molecule has 0 aromatic carbocycles. The first-order valence-electron chi connectivity index (χ1n) is 11.8. The highest BCUT2D eigenvalue weighted by molar-refractivity contribution is 4.57. The van der Waals surface area contributed by atoms with Crippen molar-refractivity contribution >= 4 is 0 Å². The van der Waals surface area contributed by atoms with Crippen molar-refractivity contribution in [3.63, 3.8) is 0 Å². The SMILES string of the molecule is CC(C)CC(O)CN.CC(C)CCCN.CC(C)CCN.CC(C)CCN(C)C. The Kier molecular flexibility index (Phi) is 34.7. The van der Waals surface area contributed by atoms with Crippen molar-refractivity contribution in [1.29, 1.82) is 0 Å². The summed E-state index contributed by atoms with van der Waals surface area (Å²) in [6.07, 6.45) is 5.44. The van der Waals surface area contributed by atoms with Crippen LogP contribution in [0.4, 0.5) is 0 Å². The van der Waals surface area contributed by atoms with Gasteiger partial charge in [0.2, 0.25) is 0 Å². The van der Waals surface area contributed by atoms with Gasteiger partial charge in [0.1, 0.15) is 0 Å². The molecule has 0 radical (unpaired) electrons. The lowest BCUT2D eigenvalue weighted by molar-refractivity contribution is 0.157. The lowest BCUT2D eigenvalue weighted by Gasteiger charge is -2.10. The highest BCUT2D eigenvalue weighted by atomic mass is 16.3. The van der Waals surface area contributed by atoms with E-state index in [2.05, 4.69) is 74.4 Å². The molecule has 0 aromatic heterocycles. The molecule has 5 heteroatoms. The molecular weight excluding hydrogens is 360 g/mol. The van der Waals surface area contributed by atoms with Gasteiger partial charge in [0, 0.05) is 6.54 Å². The van der Waals surface area contributed by atoms with Gasteiger partial charge in [-0.3, -0.25) is 0 Å². The summed E-state index contributed by atoms with van der Waals surface area (Å²) in [6, 6.07) is 0. The molecule has 0 bridgehead atoms. The van der Waals surface area contributed by atoms with E-state index in [1.165, 1.54) is 25.8 Å². The molecule has 0 aliphatic carbocycles. The van der Waals surface area contributed by atoms with Gasteiger partial charge in [-0.05, 0) is 89.5 Å².